The Kier molecular flexibility index (Phi) is 4.93. The van der Waals surface area contributed by atoms with Crippen LogP contribution in [0.5, 0.6) is 0 Å². The van der Waals surface area contributed by atoms with Crippen LogP contribution in [0.15, 0.2) is 0 Å². The number of imide groups is 1. The van der Waals surface area contributed by atoms with Gasteiger partial charge in [0.2, 0.25) is 5.91 Å². The van der Waals surface area contributed by atoms with E-state index in [1.165, 1.54) is 0 Å². The van der Waals surface area contributed by atoms with Crippen LogP contribution in [-0.2, 0) is 14.4 Å². The highest BCUT2D eigenvalue weighted by atomic mass is 16.4. The average molecular weight is 299 g/mol. The number of aliphatic carboxylic acids is 1. The smallest absolute Gasteiger partial charge is 0.325 e. The molecule has 0 unspecified atom stereocenters. The molecule has 1 saturated heterocycles. The number of carboxylic acids is 1. The molecule has 0 bridgehead atoms. The van der Waals surface area contributed by atoms with E-state index >= 15 is 0 Å². The molecule has 8 heteroatoms. The maximum Gasteiger partial charge on any atom is 0.325 e. The van der Waals surface area contributed by atoms with Crippen LogP contribution >= 0.6 is 0 Å². The zero-order valence-corrected chi connectivity index (χ0v) is 12.7. The van der Waals surface area contributed by atoms with E-state index < -0.39 is 42.4 Å². The first-order chi connectivity index (χ1) is 9.60. The van der Waals surface area contributed by atoms with Crippen LogP contribution in [0.3, 0.4) is 0 Å². The Morgan fingerprint density at radius 1 is 1.38 bits per heavy atom. The van der Waals surface area contributed by atoms with Gasteiger partial charge in [-0.3, -0.25) is 19.3 Å². The van der Waals surface area contributed by atoms with Crippen LogP contribution in [0.25, 0.3) is 0 Å². The predicted octanol–water partition coefficient (Wildman–Crippen LogP) is 0.0285. The largest absolute Gasteiger partial charge is 0.480 e. The van der Waals surface area contributed by atoms with Crippen molar-refractivity contribution in [2.75, 3.05) is 13.1 Å². The normalized spacial score (nSPS) is 18.4. The lowest BCUT2D eigenvalue weighted by Gasteiger charge is -2.28. The summed E-state index contributed by atoms with van der Waals surface area (Å²) in [5.74, 6) is -2.20. The van der Waals surface area contributed by atoms with Crippen molar-refractivity contribution in [2.24, 2.45) is 0 Å². The first-order valence-electron chi connectivity index (χ1n) is 6.75. The number of rotatable bonds is 6. The molecular formula is C13H21N3O5. The fourth-order valence-electron chi connectivity index (χ4n) is 2.04. The van der Waals surface area contributed by atoms with E-state index in [1.807, 2.05) is 6.92 Å². The van der Waals surface area contributed by atoms with Gasteiger partial charge in [-0.25, -0.2) is 4.79 Å². The van der Waals surface area contributed by atoms with Crippen LogP contribution in [0, 0.1) is 0 Å². The lowest BCUT2D eigenvalue weighted by Crippen LogP contribution is -2.48. The maximum atomic E-state index is 12.2. The zero-order valence-electron chi connectivity index (χ0n) is 12.7. The molecule has 0 aliphatic carbocycles. The third-order valence-corrected chi connectivity index (χ3v) is 3.49. The van der Waals surface area contributed by atoms with Gasteiger partial charge in [0.15, 0.2) is 0 Å². The molecule has 1 rings (SSSR count). The maximum absolute atomic E-state index is 12.2. The summed E-state index contributed by atoms with van der Waals surface area (Å²) >= 11 is 0. The number of hydrogen-bond acceptors (Lipinski definition) is 4. The summed E-state index contributed by atoms with van der Waals surface area (Å²) < 4.78 is 0. The number of nitrogens with zero attached hydrogens (tertiary/aromatic N) is 2. The van der Waals surface area contributed by atoms with Crippen molar-refractivity contribution in [2.45, 2.75) is 45.7 Å². The van der Waals surface area contributed by atoms with Gasteiger partial charge in [-0.15, -0.1) is 0 Å². The highest BCUT2D eigenvalue weighted by Crippen LogP contribution is 2.17. The second kappa shape index (κ2) is 6.11. The van der Waals surface area contributed by atoms with Gasteiger partial charge in [0.1, 0.15) is 18.6 Å². The van der Waals surface area contributed by atoms with Crippen molar-refractivity contribution < 1.29 is 24.3 Å². The summed E-state index contributed by atoms with van der Waals surface area (Å²) in [6.07, 6.45) is 0.574. The second-order valence-corrected chi connectivity index (χ2v) is 5.62. The molecule has 0 aromatic rings. The van der Waals surface area contributed by atoms with Gasteiger partial charge in [-0.1, -0.05) is 6.92 Å². The SMILES string of the molecule is CC[C@H](C)N(CC(=O)O)C(=O)CN1C(=O)NC(C)(C)C1=O. The molecule has 1 atom stereocenters. The van der Waals surface area contributed by atoms with Crippen LogP contribution in [-0.4, -0.2) is 63.4 Å². The van der Waals surface area contributed by atoms with Crippen LogP contribution in [0.1, 0.15) is 34.1 Å². The molecule has 0 spiro atoms. The average Bonchev–Trinajstić information content (AvgIpc) is 2.57. The van der Waals surface area contributed by atoms with Gasteiger partial charge < -0.3 is 15.3 Å². The molecule has 1 aliphatic rings. The Hall–Kier alpha value is -2.12. The third kappa shape index (κ3) is 3.71. The Morgan fingerprint density at radius 3 is 2.33 bits per heavy atom. The van der Waals surface area contributed by atoms with Gasteiger partial charge in [0, 0.05) is 6.04 Å². The minimum atomic E-state index is -1.14. The Balaban J connectivity index is 2.84. The molecule has 0 radical (unpaired) electrons. The minimum Gasteiger partial charge on any atom is -0.480 e. The fourth-order valence-corrected chi connectivity index (χ4v) is 2.04. The van der Waals surface area contributed by atoms with E-state index in [2.05, 4.69) is 5.32 Å². The first kappa shape index (κ1) is 16.9. The lowest BCUT2D eigenvalue weighted by molar-refractivity contribution is -0.147. The molecule has 8 nitrogen and oxygen atoms in total. The summed E-state index contributed by atoms with van der Waals surface area (Å²) in [6.45, 7) is 5.72. The summed E-state index contributed by atoms with van der Waals surface area (Å²) in [7, 11) is 0. The number of nitrogens with one attached hydrogen (secondary N) is 1. The predicted molar refractivity (Wildman–Crippen MR) is 73.4 cm³/mol. The van der Waals surface area contributed by atoms with Gasteiger partial charge in [0.25, 0.3) is 5.91 Å². The van der Waals surface area contributed by atoms with E-state index in [4.69, 9.17) is 5.11 Å². The van der Waals surface area contributed by atoms with E-state index in [1.54, 1.807) is 20.8 Å². The molecule has 1 heterocycles. The second-order valence-electron chi connectivity index (χ2n) is 5.62. The van der Waals surface area contributed by atoms with Gasteiger partial charge in [-0.2, -0.15) is 0 Å². The molecule has 21 heavy (non-hydrogen) atoms. The number of urea groups is 1. The molecule has 4 amide bonds. The summed E-state index contributed by atoms with van der Waals surface area (Å²) in [6, 6.07) is -0.930. The van der Waals surface area contributed by atoms with Crippen molar-refractivity contribution in [3.8, 4) is 0 Å². The molecule has 0 saturated carbocycles. The Morgan fingerprint density at radius 2 is 1.95 bits per heavy atom. The topological polar surface area (TPSA) is 107 Å². The van der Waals surface area contributed by atoms with Crippen molar-refractivity contribution >= 4 is 23.8 Å². The minimum absolute atomic E-state index is 0.289. The Bertz CT molecular complexity index is 474. The summed E-state index contributed by atoms with van der Waals surface area (Å²) in [4.78, 5) is 48.8. The first-order valence-corrected chi connectivity index (χ1v) is 6.75. The molecule has 0 aromatic heterocycles. The van der Waals surface area contributed by atoms with Gasteiger partial charge in [-0.05, 0) is 27.2 Å². The highest BCUT2D eigenvalue weighted by Gasteiger charge is 2.45. The summed E-state index contributed by atoms with van der Waals surface area (Å²) in [5, 5.41) is 11.3. The van der Waals surface area contributed by atoms with Crippen molar-refractivity contribution in [1.82, 2.24) is 15.1 Å². The lowest BCUT2D eigenvalue weighted by atomic mass is 10.1. The fraction of sp³-hybridized carbons (Fsp3) is 0.692. The molecule has 118 valence electrons. The van der Waals surface area contributed by atoms with E-state index in [-0.39, 0.29) is 6.04 Å². The Labute approximate surface area is 123 Å². The number of amides is 4. The van der Waals surface area contributed by atoms with Crippen molar-refractivity contribution in [3.63, 3.8) is 0 Å². The number of carboxylic acid groups (broad SMARTS) is 1. The quantitative estimate of drug-likeness (QED) is 0.673. The molecule has 1 fully saturated rings. The summed E-state index contributed by atoms with van der Waals surface area (Å²) in [5.41, 5.74) is -1.05. The van der Waals surface area contributed by atoms with Gasteiger partial charge >= 0.3 is 12.0 Å². The van der Waals surface area contributed by atoms with Crippen LogP contribution in [0.4, 0.5) is 4.79 Å². The number of carbonyl (C=O) groups is 4. The third-order valence-electron chi connectivity index (χ3n) is 3.49. The van der Waals surface area contributed by atoms with Gasteiger partial charge in [0.05, 0.1) is 0 Å². The van der Waals surface area contributed by atoms with E-state index in [0.29, 0.717) is 6.42 Å². The number of carbonyl (C=O) groups excluding carboxylic acids is 3. The van der Waals surface area contributed by atoms with Crippen LogP contribution in [0.2, 0.25) is 0 Å². The van der Waals surface area contributed by atoms with E-state index in [9.17, 15) is 19.2 Å². The highest BCUT2D eigenvalue weighted by molar-refractivity contribution is 6.08. The molecule has 2 N–H and O–H groups in total. The van der Waals surface area contributed by atoms with E-state index in [0.717, 1.165) is 9.80 Å². The van der Waals surface area contributed by atoms with Crippen LogP contribution < -0.4 is 5.32 Å². The van der Waals surface area contributed by atoms with Crippen molar-refractivity contribution in [1.29, 1.82) is 0 Å². The standard InChI is InChI=1S/C13H21N3O5/c1-5-8(2)15(7-10(18)19)9(17)6-16-11(20)13(3,4)14-12(16)21/h8H,5-7H2,1-4H3,(H,14,21)(H,18,19)/t8-/m0/s1. The van der Waals surface area contributed by atoms with Crippen molar-refractivity contribution in [3.05, 3.63) is 0 Å². The molecule has 0 aromatic carbocycles. The zero-order chi connectivity index (χ0) is 16.4. The molecule has 1 aliphatic heterocycles. The number of hydrogen-bond donors (Lipinski definition) is 2. The monoisotopic (exact) mass is 299 g/mol. The molecular weight excluding hydrogens is 278 g/mol.